The highest BCUT2D eigenvalue weighted by Crippen LogP contribution is 2.29. The summed E-state index contributed by atoms with van der Waals surface area (Å²) < 4.78 is 2.24. The monoisotopic (exact) mass is 386 g/mol. The highest BCUT2D eigenvalue weighted by Gasteiger charge is 2.22. The van der Waals surface area contributed by atoms with Crippen molar-refractivity contribution in [3.05, 3.63) is 50.7 Å². The first-order valence-corrected chi connectivity index (χ1v) is 9.03. The zero-order chi connectivity index (χ0) is 19.9. The van der Waals surface area contributed by atoms with Crippen LogP contribution in [0.5, 0.6) is 0 Å². The van der Waals surface area contributed by atoms with E-state index in [1.165, 1.54) is 25.6 Å². The van der Waals surface area contributed by atoms with Crippen LogP contribution in [0.25, 0.3) is 22.4 Å². The normalized spacial score (nSPS) is 12.3. The zero-order valence-corrected chi connectivity index (χ0v) is 16.1. The molecule has 1 atom stereocenters. The Bertz CT molecular complexity index is 1180. The molecule has 0 saturated heterocycles. The molecule has 0 bridgehead atoms. The Hall–Kier alpha value is -2.94. The summed E-state index contributed by atoms with van der Waals surface area (Å²) in [7, 11) is 2.89. The minimum atomic E-state index is -1.02. The summed E-state index contributed by atoms with van der Waals surface area (Å²) in [6, 6.07) is 7.46. The van der Waals surface area contributed by atoms with Crippen LogP contribution in [0.4, 0.5) is 0 Å². The molecule has 0 fully saturated rings. The fourth-order valence-electron chi connectivity index (χ4n) is 2.68. The van der Waals surface area contributed by atoms with Crippen LogP contribution < -0.4 is 11.2 Å². The molecule has 0 radical (unpaired) electrons. The van der Waals surface area contributed by atoms with Crippen molar-refractivity contribution in [2.24, 2.45) is 14.1 Å². The van der Waals surface area contributed by atoms with E-state index in [0.29, 0.717) is 5.82 Å². The van der Waals surface area contributed by atoms with Crippen LogP contribution >= 0.6 is 11.8 Å². The number of thioether (sulfide) groups is 1. The van der Waals surface area contributed by atoms with Gasteiger partial charge in [0.05, 0.1) is 0 Å². The van der Waals surface area contributed by atoms with Gasteiger partial charge in [-0.05, 0) is 19.4 Å². The molecule has 0 spiro atoms. The number of rotatable bonds is 4. The van der Waals surface area contributed by atoms with Gasteiger partial charge in [0.25, 0.3) is 5.56 Å². The van der Waals surface area contributed by atoms with Crippen LogP contribution in [-0.4, -0.2) is 35.4 Å². The molecule has 1 aromatic carbocycles. The van der Waals surface area contributed by atoms with Gasteiger partial charge in [0, 0.05) is 19.7 Å². The molecule has 0 amide bonds. The fourth-order valence-corrected chi connectivity index (χ4v) is 3.55. The number of carboxylic acid groups (broad SMARTS) is 1. The maximum atomic E-state index is 12.7. The first-order valence-electron chi connectivity index (χ1n) is 8.15. The van der Waals surface area contributed by atoms with Gasteiger partial charge < -0.3 is 5.11 Å². The van der Waals surface area contributed by atoms with Crippen molar-refractivity contribution in [3.63, 3.8) is 0 Å². The van der Waals surface area contributed by atoms with Crippen LogP contribution in [0.3, 0.4) is 0 Å². The lowest BCUT2D eigenvalue weighted by Gasteiger charge is -2.14. The van der Waals surface area contributed by atoms with E-state index in [1.54, 1.807) is 0 Å². The van der Waals surface area contributed by atoms with Crippen LogP contribution in [0.15, 0.2) is 38.9 Å². The maximum Gasteiger partial charge on any atom is 0.332 e. The smallest absolute Gasteiger partial charge is 0.332 e. The van der Waals surface area contributed by atoms with E-state index >= 15 is 0 Å². The number of aryl methyl sites for hydroxylation is 2. The number of benzene rings is 1. The maximum absolute atomic E-state index is 12.7. The van der Waals surface area contributed by atoms with Gasteiger partial charge in [0.2, 0.25) is 0 Å². The minimum absolute atomic E-state index is 0.134. The SMILES string of the molecule is Cc1ccccc1-c1nc(S[C@@H](C)C(=O)O)c2c(=O)n(C)c(=O)n(C)c2n1. The number of aromatic nitrogens is 4. The first kappa shape index (κ1) is 18.8. The summed E-state index contributed by atoms with van der Waals surface area (Å²) in [4.78, 5) is 45.3. The van der Waals surface area contributed by atoms with Crippen molar-refractivity contribution in [1.82, 2.24) is 19.1 Å². The van der Waals surface area contributed by atoms with Crippen LogP contribution in [0.2, 0.25) is 0 Å². The summed E-state index contributed by atoms with van der Waals surface area (Å²) in [5.74, 6) is -0.685. The third kappa shape index (κ3) is 3.25. The molecule has 3 rings (SSSR count). The Morgan fingerprint density at radius 3 is 2.44 bits per heavy atom. The van der Waals surface area contributed by atoms with Crippen molar-refractivity contribution < 1.29 is 9.90 Å². The lowest BCUT2D eigenvalue weighted by Crippen LogP contribution is -2.37. The van der Waals surface area contributed by atoms with E-state index in [9.17, 15) is 19.5 Å². The lowest BCUT2D eigenvalue weighted by molar-refractivity contribution is -0.136. The summed E-state index contributed by atoms with van der Waals surface area (Å²) >= 11 is 0.954. The van der Waals surface area contributed by atoms with Gasteiger partial charge >= 0.3 is 11.7 Å². The number of aliphatic carboxylic acids is 1. The Kier molecular flexibility index (Phi) is 4.88. The van der Waals surface area contributed by atoms with Gasteiger partial charge in [0.1, 0.15) is 15.7 Å². The van der Waals surface area contributed by atoms with E-state index in [1.807, 2.05) is 31.2 Å². The highest BCUT2D eigenvalue weighted by atomic mass is 32.2. The van der Waals surface area contributed by atoms with Gasteiger partial charge in [0.15, 0.2) is 11.5 Å². The standard InChI is InChI=1S/C18H18N4O4S/c1-9-7-5-6-8-11(9)13-19-14-12(15(20-13)27-10(2)17(24)25)16(23)22(4)18(26)21(14)3/h5-8,10H,1-4H3,(H,24,25)/t10-/m0/s1. The Balaban J connectivity index is 2.42. The number of hydrogen-bond donors (Lipinski definition) is 1. The fraction of sp³-hybridized carbons (Fsp3) is 0.278. The Morgan fingerprint density at radius 2 is 1.81 bits per heavy atom. The van der Waals surface area contributed by atoms with E-state index < -0.39 is 22.5 Å². The summed E-state index contributed by atoms with van der Waals surface area (Å²) in [5.41, 5.74) is 0.787. The quantitative estimate of drug-likeness (QED) is 0.536. The molecule has 0 aliphatic rings. The molecule has 8 nitrogen and oxygen atoms in total. The molecule has 9 heteroatoms. The van der Waals surface area contributed by atoms with Crippen LogP contribution in [0.1, 0.15) is 12.5 Å². The Morgan fingerprint density at radius 1 is 1.15 bits per heavy atom. The number of fused-ring (bicyclic) bond motifs is 1. The molecule has 0 saturated carbocycles. The third-order valence-electron chi connectivity index (χ3n) is 4.29. The largest absolute Gasteiger partial charge is 0.480 e. The predicted octanol–water partition coefficient (Wildman–Crippen LogP) is 1.57. The van der Waals surface area contributed by atoms with Crippen LogP contribution in [-0.2, 0) is 18.9 Å². The summed E-state index contributed by atoms with van der Waals surface area (Å²) in [6.45, 7) is 3.42. The van der Waals surface area contributed by atoms with Gasteiger partial charge in [-0.3, -0.25) is 18.7 Å². The second-order valence-corrected chi connectivity index (χ2v) is 7.50. The second-order valence-electron chi connectivity index (χ2n) is 6.17. The third-order valence-corrected chi connectivity index (χ3v) is 5.36. The molecule has 3 aromatic rings. The summed E-state index contributed by atoms with van der Waals surface area (Å²) in [5, 5.41) is 8.82. The van der Waals surface area contributed by atoms with Crippen LogP contribution in [0, 0.1) is 6.92 Å². The van der Waals surface area contributed by atoms with Crippen molar-refractivity contribution in [1.29, 1.82) is 0 Å². The molecule has 2 heterocycles. The lowest BCUT2D eigenvalue weighted by atomic mass is 10.1. The molecular formula is C18H18N4O4S. The molecule has 1 N–H and O–H groups in total. The summed E-state index contributed by atoms with van der Waals surface area (Å²) in [6.07, 6.45) is 0. The first-order chi connectivity index (χ1) is 12.7. The average molecular weight is 386 g/mol. The molecular weight excluding hydrogens is 368 g/mol. The zero-order valence-electron chi connectivity index (χ0n) is 15.3. The number of hydrogen-bond acceptors (Lipinski definition) is 6. The molecule has 0 unspecified atom stereocenters. The van der Waals surface area contributed by atoms with E-state index in [2.05, 4.69) is 9.97 Å². The number of nitrogens with zero attached hydrogens (tertiary/aromatic N) is 4. The number of carboxylic acids is 1. The van der Waals surface area contributed by atoms with E-state index in [0.717, 1.165) is 27.5 Å². The second kappa shape index (κ2) is 6.99. The predicted molar refractivity (Wildman–Crippen MR) is 103 cm³/mol. The van der Waals surface area contributed by atoms with Crippen molar-refractivity contribution in [2.75, 3.05) is 0 Å². The van der Waals surface area contributed by atoms with Crippen molar-refractivity contribution in [3.8, 4) is 11.4 Å². The minimum Gasteiger partial charge on any atom is -0.480 e. The van der Waals surface area contributed by atoms with E-state index in [-0.39, 0.29) is 16.1 Å². The highest BCUT2D eigenvalue weighted by molar-refractivity contribution is 8.00. The van der Waals surface area contributed by atoms with E-state index in [4.69, 9.17) is 0 Å². The van der Waals surface area contributed by atoms with Gasteiger partial charge in [-0.1, -0.05) is 36.0 Å². The van der Waals surface area contributed by atoms with Crippen molar-refractivity contribution >= 4 is 28.8 Å². The number of carbonyl (C=O) groups is 1. The molecule has 0 aliphatic carbocycles. The Labute approximate surface area is 158 Å². The molecule has 27 heavy (non-hydrogen) atoms. The molecule has 140 valence electrons. The van der Waals surface area contributed by atoms with Gasteiger partial charge in [-0.2, -0.15) is 0 Å². The topological polar surface area (TPSA) is 107 Å². The van der Waals surface area contributed by atoms with Gasteiger partial charge in [-0.25, -0.2) is 14.8 Å². The molecule has 0 aliphatic heterocycles. The van der Waals surface area contributed by atoms with Gasteiger partial charge in [-0.15, -0.1) is 0 Å². The average Bonchev–Trinajstić information content (AvgIpc) is 2.64. The molecule has 2 aromatic heterocycles. The van der Waals surface area contributed by atoms with Crippen molar-refractivity contribution in [2.45, 2.75) is 24.1 Å².